The van der Waals surface area contributed by atoms with Crippen molar-refractivity contribution in [1.82, 2.24) is 19.9 Å². The van der Waals surface area contributed by atoms with Gasteiger partial charge >= 0.3 is 0 Å². The molecule has 1 unspecified atom stereocenters. The summed E-state index contributed by atoms with van der Waals surface area (Å²) in [6, 6.07) is 15.5. The summed E-state index contributed by atoms with van der Waals surface area (Å²) in [4.78, 5) is 17.1. The number of anilines is 1. The van der Waals surface area contributed by atoms with Crippen molar-refractivity contribution in [2.75, 3.05) is 18.5 Å². The molecule has 30 heavy (non-hydrogen) atoms. The van der Waals surface area contributed by atoms with Crippen LogP contribution in [0.1, 0.15) is 27.5 Å². The van der Waals surface area contributed by atoms with Gasteiger partial charge in [-0.3, -0.25) is 4.79 Å². The largest absolute Gasteiger partial charge is 0.491 e. The Bertz CT molecular complexity index is 1220. The number of nitrogens with zero attached hydrogens (tertiary/aromatic N) is 3. The average molecular weight is 403 g/mol. The maximum Gasteiger partial charge on any atom is 0.256 e. The molecule has 7 nitrogen and oxygen atoms in total. The Kier molecular flexibility index (Phi) is 4.51. The summed E-state index contributed by atoms with van der Waals surface area (Å²) < 4.78 is 21.7. The summed E-state index contributed by atoms with van der Waals surface area (Å²) in [5, 5.41) is 10.4. The molecule has 1 atom stereocenters. The first kappa shape index (κ1) is 18.1. The van der Waals surface area contributed by atoms with Gasteiger partial charge in [0.1, 0.15) is 29.6 Å². The second-order valence-corrected chi connectivity index (χ2v) is 6.91. The number of amides is 1. The lowest BCUT2D eigenvalue weighted by Gasteiger charge is -2.23. The van der Waals surface area contributed by atoms with Gasteiger partial charge in [0, 0.05) is 11.8 Å². The van der Waals surface area contributed by atoms with Crippen LogP contribution in [0.2, 0.25) is 0 Å². The summed E-state index contributed by atoms with van der Waals surface area (Å²) in [6.45, 7) is 0.525. The number of fused-ring (bicyclic) bond motifs is 2. The number of benzene rings is 2. The third-order valence-electron chi connectivity index (χ3n) is 4.97. The highest BCUT2D eigenvalue weighted by molar-refractivity contribution is 5.99. The molecular weight excluding hydrogens is 385 g/mol. The number of hydrogen-bond donors (Lipinski definition) is 2. The molecule has 0 saturated heterocycles. The van der Waals surface area contributed by atoms with Gasteiger partial charge in [0.2, 0.25) is 0 Å². The summed E-state index contributed by atoms with van der Waals surface area (Å²) in [5.41, 5.74) is 2.37. The van der Waals surface area contributed by atoms with Crippen molar-refractivity contribution in [1.29, 1.82) is 0 Å². The summed E-state index contributed by atoms with van der Waals surface area (Å²) >= 11 is 0. The molecule has 8 heteroatoms. The van der Waals surface area contributed by atoms with Crippen molar-refractivity contribution in [3.63, 3.8) is 0 Å². The molecule has 2 aromatic carbocycles. The fraction of sp³-hybridized carbons (Fsp3) is 0.136. The van der Waals surface area contributed by atoms with Crippen LogP contribution in [0.15, 0.2) is 67.0 Å². The number of halogens is 1. The summed E-state index contributed by atoms with van der Waals surface area (Å²) in [7, 11) is 0. The van der Waals surface area contributed by atoms with Gasteiger partial charge < -0.3 is 15.4 Å². The minimum atomic E-state index is -0.414. The number of aromatic nitrogens is 3. The van der Waals surface area contributed by atoms with Crippen molar-refractivity contribution >= 4 is 17.4 Å². The molecule has 1 aliphatic heterocycles. The number of carbonyl (C=O) groups is 1. The van der Waals surface area contributed by atoms with Gasteiger partial charge in [-0.25, -0.2) is 13.9 Å². The molecule has 0 radical (unpaired) electrons. The lowest BCUT2D eigenvalue weighted by Crippen LogP contribution is -2.28. The third kappa shape index (κ3) is 3.32. The van der Waals surface area contributed by atoms with E-state index in [2.05, 4.69) is 20.7 Å². The molecule has 2 N–H and O–H groups in total. The molecule has 5 rings (SSSR count). The Morgan fingerprint density at radius 3 is 2.87 bits per heavy atom. The van der Waals surface area contributed by atoms with Crippen LogP contribution >= 0.6 is 0 Å². The van der Waals surface area contributed by atoms with E-state index in [9.17, 15) is 9.18 Å². The standard InChI is InChI=1S/C22H18FN5O2/c23-15-6-7-18-16(12-15)20(14-4-2-1-3-5-14)26-19-8-10-28-21(27-19)17(13-25-28)22(29)24-9-11-30-18/h1-8,10,12-13,20H,9,11H2,(H,24,29)(H,26,27). The Hall–Kier alpha value is -3.94. The molecule has 150 valence electrons. The van der Waals surface area contributed by atoms with Crippen LogP contribution in [0.25, 0.3) is 5.65 Å². The second kappa shape index (κ2) is 7.47. The van der Waals surface area contributed by atoms with E-state index in [1.165, 1.54) is 18.3 Å². The fourth-order valence-corrected chi connectivity index (χ4v) is 3.54. The predicted octanol–water partition coefficient (Wildman–Crippen LogP) is 3.19. The Morgan fingerprint density at radius 2 is 2.00 bits per heavy atom. The Balaban J connectivity index is 1.68. The van der Waals surface area contributed by atoms with Crippen LogP contribution in [0, 0.1) is 5.82 Å². The zero-order valence-corrected chi connectivity index (χ0v) is 15.9. The monoisotopic (exact) mass is 403 g/mol. The number of rotatable bonds is 1. The lowest BCUT2D eigenvalue weighted by atomic mass is 9.97. The molecule has 0 saturated carbocycles. The molecule has 2 aromatic heterocycles. The smallest absolute Gasteiger partial charge is 0.256 e. The quantitative estimate of drug-likeness (QED) is 0.510. The molecule has 0 fully saturated rings. The minimum absolute atomic E-state index is 0.237. The number of carbonyl (C=O) groups excluding carboxylic acids is 1. The molecule has 1 amide bonds. The van der Waals surface area contributed by atoms with Crippen LogP contribution in [0.4, 0.5) is 10.2 Å². The zero-order chi connectivity index (χ0) is 20.5. The SMILES string of the molecule is O=C1NCCOc2ccc(F)cc2C(c2ccccc2)Nc2ccn3ncc1c3n2. The van der Waals surface area contributed by atoms with E-state index in [4.69, 9.17) is 4.74 Å². The first-order valence-corrected chi connectivity index (χ1v) is 9.55. The summed E-state index contributed by atoms with van der Waals surface area (Å²) in [6.07, 6.45) is 3.22. The summed E-state index contributed by atoms with van der Waals surface area (Å²) in [5.74, 6) is 0.423. The van der Waals surface area contributed by atoms with E-state index in [0.717, 1.165) is 5.56 Å². The molecule has 4 aromatic rings. The van der Waals surface area contributed by atoms with Crippen molar-refractivity contribution in [3.8, 4) is 5.75 Å². The van der Waals surface area contributed by atoms with Gasteiger partial charge in [-0.1, -0.05) is 30.3 Å². The predicted molar refractivity (Wildman–Crippen MR) is 109 cm³/mol. The number of hydrogen-bond acceptors (Lipinski definition) is 5. The van der Waals surface area contributed by atoms with Gasteiger partial charge in [-0.2, -0.15) is 5.10 Å². The van der Waals surface area contributed by atoms with E-state index in [-0.39, 0.29) is 24.9 Å². The highest BCUT2D eigenvalue weighted by atomic mass is 19.1. The normalized spacial score (nSPS) is 16.4. The maximum atomic E-state index is 14.2. The highest BCUT2D eigenvalue weighted by Crippen LogP contribution is 2.33. The zero-order valence-electron chi connectivity index (χ0n) is 15.9. The van der Waals surface area contributed by atoms with Crippen molar-refractivity contribution in [2.45, 2.75) is 6.04 Å². The van der Waals surface area contributed by atoms with E-state index in [1.54, 1.807) is 22.8 Å². The molecule has 2 bridgehead atoms. The van der Waals surface area contributed by atoms with Crippen LogP contribution < -0.4 is 15.4 Å². The van der Waals surface area contributed by atoms with E-state index in [1.807, 2.05) is 30.3 Å². The highest BCUT2D eigenvalue weighted by Gasteiger charge is 2.22. The van der Waals surface area contributed by atoms with Gasteiger partial charge in [0.25, 0.3) is 5.91 Å². The van der Waals surface area contributed by atoms with E-state index in [0.29, 0.717) is 28.3 Å². The topological polar surface area (TPSA) is 80.5 Å². The van der Waals surface area contributed by atoms with Crippen LogP contribution in [-0.2, 0) is 0 Å². The van der Waals surface area contributed by atoms with Crippen LogP contribution in [-0.4, -0.2) is 33.7 Å². The first-order valence-electron chi connectivity index (χ1n) is 9.55. The van der Waals surface area contributed by atoms with Gasteiger partial charge in [0.05, 0.1) is 18.8 Å². The molecule has 3 heterocycles. The average Bonchev–Trinajstić information content (AvgIpc) is 3.19. The number of nitrogens with one attached hydrogen (secondary N) is 2. The van der Waals surface area contributed by atoms with E-state index < -0.39 is 6.04 Å². The van der Waals surface area contributed by atoms with Crippen molar-refractivity contribution in [2.24, 2.45) is 0 Å². The van der Waals surface area contributed by atoms with Gasteiger partial charge in [-0.05, 0) is 29.8 Å². The lowest BCUT2D eigenvalue weighted by molar-refractivity contribution is 0.0948. The van der Waals surface area contributed by atoms with Crippen LogP contribution in [0.3, 0.4) is 0 Å². The Labute approximate surface area is 171 Å². The van der Waals surface area contributed by atoms with E-state index >= 15 is 0 Å². The first-order chi connectivity index (χ1) is 14.7. The molecule has 1 aliphatic rings. The van der Waals surface area contributed by atoms with Gasteiger partial charge in [-0.15, -0.1) is 0 Å². The minimum Gasteiger partial charge on any atom is -0.491 e. The molecular formula is C22H18FN5O2. The maximum absolute atomic E-state index is 14.2. The number of ether oxygens (including phenoxy) is 1. The van der Waals surface area contributed by atoms with Gasteiger partial charge in [0.15, 0.2) is 5.65 Å². The molecule has 0 spiro atoms. The molecule has 0 aliphatic carbocycles. The second-order valence-electron chi connectivity index (χ2n) is 6.91. The van der Waals surface area contributed by atoms with Crippen LogP contribution in [0.5, 0.6) is 5.75 Å². The third-order valence-corrected chi connectivity index (χ3v) is 4.97. The Morgan fingerprint density at radius 1 is 1.13 bits per heavy atom. The van der Waals surface area contributed by atoms with Crippen molar-refractivity contribution < 1.29 is 13.9 Å². The van der Waals surface area contributed by atoms with Crippen molar-refractivity contribution in [3.05, 3.63) is 89.5 Å². The fourth-order valence-electron chi connectivity index (χ4n) is 3.54.